The van der Waals surface area contributed by atoms with E-state index in [9.17, 15) is 18.0 Å². The average molecular weight is 302 g/mol. The Morgan fingerprint density at radius 2 is 2.19 bits per heavy atom. The predicted molar refractivity (Wildman–Crippen MR) is 72.5 cm³/mol. The second kappa shape index (κ2) is 6.80. The molecule has 4 nitrogen and oxygen atoms in total. The van der Waals surface area contributed by atoms with Gasteiger partial charge >= 0.3 is 6.18 Å². The zero-order chi connectivity index (χ0) is 15.3. The maximum Gasteiger partial charge on any atom is 0.411 e. The van der Waals surface area contributed by atoms with Gasteiger partial charge in [0, 0.05) is 24.3 Å². The molecule has 0 saturated heterocycles. The number of nitrogens with one attached hydrogen (secondary N) is 2. The molecular formula is C14H17F3N2O2. The number of amides is 1. The lowest BCUT2D eigenvalue weighted by Crippen LogP contribution is -2.29. The quantitative estimate of drug-likeness (QED) is 0.821. The Bertz CT molecular complexity index is 503. The number of carbonyl (C=O) groups excluding carboxylic acids is 1. The molecule has 1 amide bonds. The van der Waals surface area contributed by atoms with Gasteiger partial charge in [-0.2, -0.15) is 13.2 Å². The van der Waals surface area contributed by atoms with Crippen LogP contribution in [0, 0.1) is 0 Å². The van der Waals surface area contributed by atoms with E-state index in [1.54, 1.807) is 6.07 Å². The Morgan fingerprint density at radius 1 is 1.38 bits per heavy atom. The third kappa shape index (κ3) is 4.93. The zero-order valence-corrected chi connectivity index (χ0v) is 11.4. The molecule has 7 heteroatoms. The van der Waals surface area contributed by atoms with Crippen LogP contribution in [0.15, 0.2) is 18.2 Å². The van der Waals surface area contributed by atoms with Gasteiger partial charge in [0.1, 0.15) is 6.61 Å². The molecule has 2 N–H and O–H groups in total. The van der Waals surface area contributed by atoms with Gasteiger partial charge in [0.05, 0.1) is 6.61 Å². The molecular weight excluding hydrogens is 285 g/mol. The minimum absolute atomic E-state index is 0.0459. The van der Waals surface area contributed by atoms with Gasteiger partial charge in [-0.1, -0.05) is 0 Å². The van der Waals surface area contributed by atoms with E-state index in [-0.39, 0.29) is 19.1 Å². The number of carbonyl (C=O) groups is 1. The summed E-state index contributed by atoms with van der Waals surface area (Å²) in [7, 11) is 0. The second-order valence-corrected chi connectivity index (χ2v) is 4.83. The molecule has 1 heterocycles. The maximum absolute atomic E-state index is 11.9. The van der Waals surface area contributed by atoms with Crippen molar-refractivity contribution in [3.8, 4) is 0 Å². The van der Waals surface area contributed by atoms with E-state index >= 15 is 0 Å². The van der Waals surface area contributed by atoms with Gasteiger partial charge in [0.2, 0.25) is 0 Å². The van der Waals surface area contributed by atoms with Crippen LogP contribution in [0.2, 0.25) is 0 Å². The van der Waals surface area contributed by atoms with E-state index in [0.29, 0.717) is 5.56 Å². The highest BCUT2D eigenvalue weighted by Crippen LogP contribution is 2.22. The Kier molecular flexibility index (Phi) is 5.06. The molecule has 0 aliphatic carbocycles. The van der Waals surface area contributed by atoms with Gasteiger partial charge in [-0.15, -0.1) is 0 Å². The normalized spacial score (nSPS) is 14.2. The highest BCUT2D eigenvalue weighted by Gasteiger charge is 2.27. The van der Waals surface area contributed by atoms with Gasteiger partial charge in [0.25, 0.3) is 5.91 Å². The fourth-order valence-corrected chi connectivity index (χ4v) is 2.14. The van der Waals surface area contributed by atoms with Gasteiger partial charge in [-0.25, -0.2) is 0 Å². The Hall–Kier alpha value is -1.76. The molecule has 0 spiro atoms. The van der Waals surface area contributed by atoms with Gasteiger partial charge < -0.3 is 15.4 Å². The zero-order valence-electron chi connectivity index (χ0n) is 11.4. The van der Waals surface area contributed by atoms with Crippen molar-refractivity contribution < 1.29 is 22.7 Å². The van der Waals surface area contributed by atoms with Crippen molar-refractivity contribution in [3.63, 3.8) is 0 Å². The third-order valence-corrected chi connectivity index (χ3v) is 3.10. The first-order valence-corrected chi connectivity index (χ1v) is 6.75. The molecule has 0 unspecified atom stereocenters. The largest absolute Gasteiger partial charge is 0.411 e. The summed E-state index contributed by atoms with van der Waals surface area (Å²) in [6.45, 7) is -0.496. The van der Waals surface area contributed by atoms with E-state index in [1.165, 1.54) is 0 Å². The lowest BCUT2D eigenvalue weighted by atomic mass is 10.0. The van der Waals surface area contributed by atoms with E-state index < -0.39 is 12.8 Å². The number of halogens is 3. The van der Waals surface area contributed by atoms with Crippen molar-refractivity contribution in [2.75, 3.05) is 31.6 Å². The van der Waals surface area contributed by atoms with Crippen LogP contribution in [0.4, 0.5) is 18.9 Å². The summed E-state index contributed by atoms with van der Waals surface area (Å²) in [6, 6.07) is 5.36. The molecule has 2 rings (SSSR count). The van der Waals surface area contributed by atoms with E-state index in [2.05, 4.69) is 15.4 Å². The third-order valence-electron chi connectivity index (χ3n) is 3.10. The van der Waals surface area contributed by atoms with E-state index in [4.69, 9.17) is 0 Å². The summed E-state index contributed by atoms with van der Waals surface area (Å²) >= 11 is 0. The molecule has 1 aromatic rings. The summed E-state index contributed by atoms with van der Waals surface area (Å²) < 4.78 is 40.0. The highest BCUT2D eigenvalue weighted by atomic mass is 19.4. The minimum Gasteiger partial charge on any atom is -0.385 e. The van der Waals surface area contributed by atoms with Crippen LogP contribution in [-0.2, 0) is 11.2 Å². The predicted octanol–water partition coefficient (Wildman–Crippen LogP) is 2.35. The van der Waals surface area contributed by atoms with Gasteiger partial charge in [0.15, 0.2) is 0 Å². The molecule has 21 heavy (non-hydrogen) atoms. The van der Waals surface area contributed by atoms with E-state index in [0.717, 1.165) is 30.6 Å². The minimum atomic E-state index is -4.34. The molecule has 1 aliphatic rings. The van der Waals surface area contributed by atoms with Crippen LogP contribution in [-0.4, -0.2) is 38.4 Å². The number of ether oxygens (including phenoxy) is 1. The number of rotatable bonds is 5. The Labute approximate surface area is 120 Å². The summed E-state index contributed by atoms with van der Waals surface area (Å²) in [4.78, 5) is 11.9. The number of anilines is 1. The van der Waals surface area contributed by atoms with Crippen molar-refractivity contribution in [2.45, 2.75) is 19.0 Å². The highest BCUT2D eigenvalue weighted by molar-refractivity contribution is 5.94. The first-order valence-electron chi connectivity index (χ1n) is 6.75. The van der Waals surface area contributed by atoms with Crippen LogP contribution < -0.4 is 10.6 Å². The average Bonchev–Trinajstić information content (AvgIpc) is 2.45. The summed E-state index contributed by atoms with van der Waals surface area (Å²) in [5.41, 5.74) is 2.63. The van der Waals surface area contributed by atoms with Crippen LogP contribution in [0.1, 0.15) is 22.3 Å². The monoisotopic (exact) mass is 302 g/mol. The van der Waals surface area contributed by atoms with E-state index in [1.807, 2.05) is 12.1 Å². The number of alkyl halides is 3. The van der Waals surface area contributed by atoms with Gasteiger partial charge in [-0.3, -0.25) is 4.79 Å². The molecule has 0 radical (unpaired) electrons. The number of fused-ring (bicyclic) bond motifs is 1. The lowest BCUT2D eigenvalue weighted by Gasteiger charge is -2.18. The molecule has 0 aromatic heterocycles. The molecule has 0 fully saturated rings. The Morgan fingerprint density at radius 3 is 2.95 bits per heavy atom. The fraction of sp³-hybridized carbons (Fsp3) is 0.500. The standard InChI is InChI=1S/C14H17F3N2O2/c15-14(16,17)9-21-7-6-19-13(20)11-3-4-12-10(8-11)2-1-5-18-12/h3-4,8,18H,1-2,5-7,9H2,(H,19,20). The second-order valence-electron chi connectivity index (χ2n) is 4.83. The van der Waals surface area contributed by atoms with Crippen LogP contribution >= 0.6 is 0 Å². The molecule has 0 bridgehead atoms. The van der Waals surface area contributed by atoms with Crippen molar-refractivity contribution >= 4 is 11.6 Å². The number of benzene rings is 1. The SMILES string of the molecule is O=C(NCCOCC(F)(F)F)c1ccc2c(c1)CCCN2. The van der Waals surface area contributed by atoms with Crippen LogP contribution in [0.3, 0.4) is 0 Å². The summed E-state index contributed by atoms with van der Waals surface area (Å²) in [5, 5.41) is 5.78. The van der Waals surface area contributed by atoms with Crippen molar-refractivity contribution in [1.82, 2.24) is 5.32 Å². The van der Waals surface area contributed by atoms with Gasteiger partial charge in [-0.05, 0) is 36.6 Å². The van der Waals surface area contributed by atoms with Crippen LogP contribution in [0.25, 0.3) is 0 Å². The molecule has 0 saturated carbocycles. The van der Waals surface area contributed by atoms with Crippen molar-refractivity contribution in [2.24, 2.45) is 0 Å². The first kappa shape index (κ1) is 15.6. The van der Waals surface area contributed by atoms with Crippen molar-refractivity contribution in [1.29, 1.82) is 0 Å². The van der Waals surface area contributed by atoms with Crippen LogP contribution in [0.5, 0.6) is 0 Å². The molecule has 1 aliphatic heterocycles. The molecule has 116 valence electrons. The number of aryl methyl sites for hydroxylation is 1. The number of hydrogen-bond acceptors (Lipinski definition) is 3. The summed E-state index contributed by atoms with van der Waals surface area (Å²) in [6.07, 6.45) is -2.41. The smallest absolute Gasteiger partial charge is 0.385 e. The maximum atomic E-state index is 11.9. The fourth-order valence-electron chi connectivity index (χ4n) is 2.14. The summed E-state index contributed by atoms with van der Waals surface area (Å²) in [5.74, 6) is -0.306. The Balaban J connectivity index is 1.78. The molecule has 1 aromatic carbocycles. The lowest BCUT2D eigenvalue weighted by molar-refractivity contribution is -0.173. The topological polar surface area (TPSA) is 50.4 Å². The first-order chi connectivity index (χ1) is 9.96. The molecule has 0 atom stereocenters. The van der Waals surface area contributed by atoms with Crippen molar-refractivity contribution in [3.05, 3.63) is 29.3 Å². The number of hydrogen-bond donors (Lipinski definition) is 2.